The number of carbonyl (C=O) groups excluding carboxylic acids is 1. The number of esters is 1. The molecule has 0 saturated heterocycles. The first-order valence-corrected chi connectivity index (χ1v) is 9.04. The molecule has 1 aliphatic rings. The molecule has 0 bridgehead atoms. The minimum absolute atomic E-state index is 0.206. The molecule has 0 spiro atoms. The van der Waals surface area contributed by atoms with E-state index in [2.05, 4.69) is 10.2 Å². The van der Waals surface area contributed by atoms with E-state index in [0.717, 1.165) is 16.9 Å². The molecule has 2 aromatic carbocycles. The maximum Gasteiger partial charge on any atom is 0.348 e. The van der Waals surface area contributed by atoms with E-state index in [4.69, 9.17) is 30.2 Å². The van der Waals surface area contributed by atoms with Gasteiger partial charge >= 0.3 is 5.97 Å². The third-order valence-corrected chi connectivity index (χ3v) is 4.61. The van der Waals surface area contributed by atoms with E-state index in [1.54, 1.807) is 44.4 Å². The molecule has 0 aliphatic carbocycles. The van der Waals surface area contributed by atoms with Crippen molar-refractivity contribution in [1.82, 2.24) is 10.2 Å². The maximum absolute atomic E-state index is 12.4. The average molecular weight is 401 g/mol. The number of hydrogen-bond donors (Lipinski definition) is 0. The zero-order chi connectivity index (χ0) is 19.7. The van der Waals surface area contributed by atoms with E-state index >= 15 is 0 Å². The monoisotopic (exact) mass is 400 g/mol. The van der Waals surface area contributed by atoms with Gasteiger partial charge < -0.3 is 18.6 Å². The van der Waals surface area contributed by atoms with Crippen LogP contribution in [0.25, 0.3) is 11.5 Å². The van der Waals surface area contributed by atoms with Gasteiger partial charge in [-0.1, -0.05) is 11.6 Å². The van der Waals surface area contributed by atoms with Gasteiger partial charge in [-0.3, -0.25) is 0 Å². The van der Waals surface area contributed by atoms with Crippen molar-refractivity contribution in [1.29, 1.82) is 0 Å². The quantitative estimate of drug-likeness (QED) is 0.598. The van der Waals surface area contributed by atoms with E-state index in [-0.39, 0.29) is 5.89 Å². The number of rotatable bonds is 5. The summed E-state index contributed by atoms with van der Waals surface area (Å²) in [4.78, 5) is 12.4. The molecule has 28 heavy (non-hydrogen) atoms. The summed E-state index contributed by atoms with van der Waals surface area (Å²) in [7, 11) is 1.59. The van der Waals surface area contributed by atoms with Crippen LogP contribution in [0, 0.1) is 0 Å². The minimum atomic E-state index is -0.722. The van der Waals surface area contributed by atoms with Gasteiger partial charge in [0.25, 0.3) is 5.89 Å². The molecule has 4 rings (SSSR count). The van der Waals surface area contributed by atoms with E-state index in [1.807, 2.05) is 12.1 Å². The topological polar surface area (TPSA) is 83.7 Å². The van der Waals surface area contributed by atoms with Crippen molar-refractivity contribution in [2.75, 3.05) is 7.11 Å². The number of ether oxygens (including phenoxy) is 3. The van der Waals surface area contributed by atoms with Crippen molar-refractivity contribution in [3.05, 3.63) is 58.9 Å². The largest absolute Gasteiger partial charge is 0.497 e. The van der Waals surface area contributed by atoms with Gasteiger partial charge in [-0.05, 0) is 55.0 Å². The Balaban J connectivity index is 1.40. The Morgan fingerprint density at radius 2 is 2.00 bits per heavy atom. The van der Waals surface area contributed by atoms with Crippen LogP contribution in [0.15, 0.2) is 46.9 Å². The zero-order valence-electron chi connectivity index (χ0n) is 15.2. The lowest BCUT2D eigenvalue weighted by Crippen LogP contribution is -2.28. The highest BCUT2D eigenvalue weighted by Gasteiger charge is 2.32. The minimum Gasteiger partial charge on any atom is -0.497 e. The molecule has 1 aromatic heterocycles. The van der Waals surface area contributed by atoms with Crippen LogP contribution in [0.4, 0.5) is 0 Å². The lowest BCUT2D eigenvalue weighted by Gasteiger charge is -2.13. The van der Waals surface area contributed by atoms with E-state index in [9.17, 15) is 4.79 Å². The molecular weight excluding hydrogens is 384 g/mol. The second-order valence-electron chi connectivity index (χ2n) is 6.32. The molecule has 1 aliphatic heterocycles. The molecule has 0 saturated carbocycles. The molecular formula is C20H17ClN2O5. The van der Waals surface area contributed by atoms with Crippen LogP contribution in [0.1, 0.15) is 24.5 Å². The number of methoxy groups -OCH3 is 1. The van der Waals surface area contributed by atoms with E-state index < -0.39 is 18.2 Å². The molecule has 0 fully saturated rings. The third kappa shape index (κ3) is 3.66. The number of halogens is 1. The fourth-order valence-corrected chi connectivity index (χ4v) is 3.09. The number of benzene rings is 2. The summed E-state index contributed by atoms with van der Waals surface area (Å²) in [5, 5.41) is 8.60. The number of hydrogen-bond acceptors (Lipinski definition) is 7. The summed E-state index contributed by atoms with van der Waals surface area (Å²) >= 11 is 5.98. The van der Waals surface area contributed by atoms with Crippen LogP contribution in [0.5, 0.6) is 11.5 Å². The van der Waals surface area contributed by atoms with E-state index in [0.29, 0.717) is 23.1 Å². The van der Waals surface area contributed by atoms with Crippen molar-refractivity contribution in [2.45, 2.75) is 25.6 Å². The molecule has 144 valence electrons. The lowest BCUT2D eigenvalue weighted by molar-refractivity contribution is -0.157. The Hall–Kier alpha value is -3.06. The van der Waals surface area contributed by atoms with Crippen molar-refractivity contribution in [2.24, 2.45) is 0 Å². The summed E-state index contributed by atoms with van der Waals surface area (Å²) < 4.78 is 21.9. The van der Waals surface area contributed by atoms with Gasteiger partial charge in [0, 0.05) is 17.0 Å². The Morgan fingerprint density at radius 1 is 1.21 bits per heavy atom. The van der Waals surface area contributed by atoms with Gasteiger partial charge in [0.05, 0.1) is 7.11 Å². The molecule has 7 nitrogen and oxygen atoms in total. The first-order chi connectivity index (χ1) is 13.5. The van der Waals surface area contributed by atoms with Gasteiger partial charge in [0.2, 0.25) is 5.89 Å². The molecule has 2 heterocycles. The second kappa shape index (κ2) is 7.52. The fourth-order valence-electron chi connectivity index (χ4n) is 2.90. The third-order valence-electron chi connectivity index (χ3n) is 4.38. The molecule has 0 radical (unpaired) electrons. The maximum atomic E-state index is 12.4. The SMILES string of the molecule is COc1ccc(-c2nnc([C@@H](C)OC(=O)[C@H]3Cc4cc(Cl)ccc4O3)o2)cc1. The second-order valence-corrected chi connectivity index (χ2v) is 6.75. The highest BCUT2D eigenvalue weighted by atomic mass is 35.5. The molecule has 3 aromatic rings. The molecule has 0 unspecified atom stereocenters. The summed E-state index contributed by atoms with van der Waals surface area (Å²) in [5.41, 5.74) is 1.62. The predicted octanol–water partition coefficient (Wildman–Crippen LogP) is 4.01. The molecule has 2 atom stereocenters. The fraction of sp³-hybridized carbons (Fsp3) is 0.250. The van der Waals surface area contributed by atoms with Crippen molar-refractivity contribution >= 4 is 17.6 Å². The van der Waals surface area contributed by atoms with Gasteiger partial charge in [0.15, 0.2) is 12.2 Å². The Bertz CT molecular complexity index is 1000. The summed E-state index contributed by atoms with van der Waals surface area (Å²) in [6.07, 6.45) is -1.02. The summed E-state index contributed by atoms with van der Waals surface area (Å²) in [6.45, 7) is 1.67. The van der Waals surface area contributed by atoms with Gasteiger partial charge in [-0.25, -0.2) is 4.79 Å². The molecule has 0 N–H and O–H groups in total. The van der Waals surface area contributed by atoms with Crippen molar-refractivity contribution in [3.8, 4) is 23.0 Å². The zero-order valence-corrected chi connectivity index (χ0v) is 16.0. The summed E-state index contributed by atoms with van der Waals surface area (Å²) in [6, 6.07) is 12.5. The average Bonchev–Trinajstić information content (AvgIpc) is 3.35. The first-order valence-electron chi connectivity index (χ1n) is 8.67. The van der Waals surface area contributed by atoms with Crippen LogP contribution in [-0.2, 0) is 16.0 Å². The number of carbonyl (C=O) groups is 1. The van der Waals surface area contributed by atoms with Gasteiger partial charge in [0.1, 0.15) is 11.5 Å². The van der Waals surface area contributed by atoms with E-state index in [1.165, 1.54) is 0 Å². The Morgan fingerprint density at radius 3 is 2.75 bits per heavy atom. The van der Waals surface area contributed by atoms with Crippen LogP contribution < -0.4 is 9.47 Å². The highest BCUT2D eigenvalue weighted by molar-refractivity contribution is 6.30. The van der Waals surface area contributed by atoms with Gasteiger partial charge in [-0.2, -0.15) is 0 Å². The van der Waals surface area contributed by atoms with Crippen molar-refractivity contribution in [3.63, 3.8) is 0 Å². The van der Waals surface area contributed by atoms with Crippen molar-refractivity contribution < 1.29 is 23.4 Å². The standard InChI is InChI=1S/C20H17ClN2O5/c1-11(18-22-23-19(28-18)12-3-6-15(25-2)7-4-12)26-20(24)17-10-13-9-14(21)5-8-16(13)27-17/h3-9,11,17H,10H2,1-2H3/t11-,17-/m1/s1. The molecule has 8 heteroatoms. The summed E-state index contributed by atoms with van der Waals surface area (Å²) in [5.74, 6) is 1.41. The predicted molar refractivity (Wildman–Crippen MR) is 100 cm³/mol. The smallest absolute Gasteiger partial charge is 0.348 e. The highest BCUT2D eigenvalue weighted by Crippen LogP contribution is 2.32. The van der Waals surface area contributed by atoms with Crippen LogP contribution >= 0.6 is 11.6 Å². The number of nitrogens with zero attached hydrogens (tertiary/aromatic N) is 2. The Labute approximate surface area is 166 Å². The Kier molecular flexibility index (Phi) is 4.92. The van der Waals surface area contributed by atoms with Crippen LogP contribution in [0.3, 0.4) is 0 Å². The molecule has 0 amide bonds. The van der Waals surface area contributed by atoms with Gasteiger partial charge in [-0.15, -0.1) is 10.2 Å². The number of aromatic nitrogens is 2. The first kappa shape index (κ1) is 18.3. The van der Waals surface area contributed by atoms with Crippen LogP contribution in [-0.4, -0.2) is 29.4 Å². The number of fused-ring (bicyclic) bond motifs is 1. The van der Waals surface area contributed by atoms with Crippen LogP contribution in [0.2, 0.25) is 5.02 Å². The normalized spacial score (nSPS) is 16.2. The lowest BCUT2D eigenvalue weighted by atomic mass is 10.1.